The highest BCUT2D eigenvalue weighted by molar-refractivity contribution is 5.78. The van der Waals surface area contributed by atoms with Crippen molar-refractivity contribution in [3.8, 4) is 0 Å². The molecule has 96 valence electrons. The van der Waals surface area contributed by atoms with Gasteiger partial charge < -0.3 is 14.6 Å². The van der Waals surface area contributed by atoms with Crippen molar-refractivity contribution in [1.29, 1.82) is 0 Å². The van der Waals surface area contributed by atoms with Crippen molar-refractivity contribution in [3.63, 3.8) is 0 Å². The van der Waals surface area contributed by atoms with Crippen LogP contribution in [-0.2, 0) is 16.1 Å². The molecule has 1 heterocycles. The smallest absolute Gasteiger partial charge is 0.324 e. The Morgan fingerprint density at radius 3 is 2.89 bits per heavy atom. The molecule has 5 nitrogen and oxygen atoms in total. The number of aromatic nitrogens is 2. The Kier molecular flexibility index (Phi) is 3.62. The number of nitrogens with zero attached hydrogens (tertiary/aromatic N) is 2. The molecule has 0 amide bonds. The minimum absolute atomic E-state index is 0.269. The van der Waals surface area contributed by atoms with Gasteiger partial charge in [0, 0.05) is 0 Å². The standard InChI is InChI=1S/C13H17N3O2/c1-9-15-10-6-4-5-7-12(10)16(9)8-11(14-2)13(17)18-3/h4-7,11,14H,8H2,1-3H3. The Bertz CT molecular complexity index is 562. The summed E-state index contributed by atoms with van der Waals surface area (Å²) in [6, 6.07) is 7.51. The second-order valence-electron chi connectivity index (χ2n) is 4.12. The molecule has 0 aliphatic carbocycles. The second kappa shape index (κ2) is 5.18. The molecule has 1 atom stereocenters. The van der Waals surface area contributed by atoms with Crippen LogP contribution in [0.3, 0.4) is 0 Å². The number of carbonyl (C=O) groups is 1. The fourth-order valence-electron chi connectivity index (χ4n) is 2.03. The third-order valence-electron chi connectivity index (χ3n) is 3.04. The molecule has 0 saturated heterocycles. The van der Waals surface area contributed by atoms with Crippen molar-refractivity contribution >= 4 is 17.0 Å². The molecule has 1 N–H and O–H groups in total. The Morgan fingerprint density at radius 2 is 2.22 bits per heavy atom. The largest absolute Gasteiger partial charge is 0.468 e. The van der Waals surface area contributed by atoms with Gasteiger partial charge in [0.15, 0.2) is 0 Å². The number of likely N-dealkylation sites (N-methyl/N-ethyl adjacent to an activating group) is 1. The van der Waals surface area contributed by atoms with Gasteiger partial charge in [0.25, 0.3) is 0 Å². The first kappa shape index (κ1) is 12.6. The van der Waals surface area contributed by atoms with Gasteiger partial charge in [-0.05, 0) is 26.1 Å². The van der Waals surface area contributed by atoms with Gasteiger partial charge >= 0.3 is 5.97 Å². The lowest BCUT2D eigenvalue weighted by Crippen LogP contribution is -2.38. The van der Waals surface area contributed by atoms with E-state index >= 15 is 0 Å². The lowest BCUT2D eigenvalue weighted by Gasteiger charge is -2.15. The number of benzene rings is 1. The first-order chi connectivity index (χ1) is 8.67. The predicted molar refractivity (Wildman–Crippen MR) is 69.3 cm³/mol. The van der Waals surface area contributed by atoms with Crippen LogP contribution in [-0.4, -0.2) is 35.7 Å². The van der Waals surface area contributed by atoms with Crippen LogP contribution in [0.15, 0.2) is 24.3 Å². The lowest BCUT2D eigenvalue weighted by molar-refractivity contribution is -0.143. The van der Waals surface area contributed by atoms with Gasteiger partial charge in [-0.25, -0.2) is 4.98 Å². The van der Waals surface area contributed by atoms with Gasteiger partial charge in [0.05, 0.1) is 24.7 Å². The Morgan fingerprint density at radius 1 is 1.50 bits per heavy atom. The van der Waals surface area contributed by atoms with Crippen LogP contribution >= 0.6 is 0 Å². The average molecular weight is 247 g/mol. The SMILES string of the molecule is CNC(Cn1c(C)nc2ccccc21)C(=O)OC. The number of hydrogen-bond donors (Lipinski definition) is 1. The minimum Gasteiger partial charge on any atom is -0.468 e. The number of para-hydroxylation sites is 2. The van der Waals surface area contributed by atoms with E-state index in [0.29, 0.717) is 6.54 Å². The maximum atomic E-state index is 11.6. The van der Waals surface area contributed by atoms with E-state index in [1.54, 1.807) is 7.05 Å². The molecule has 0 spiro atoms. The third kappa shape index (κ3) is 2.22. The van der Waals surface area contributed by atoms with E-state index in [1.807, 2.05) is 35.8 Å². The van der Waals surface area contributed by atoms with Crippen LogP contribution in [0.25, 0.3) is 11.0 Å². The number of hydrogen-bond acceptors (Lipinski definition) is 4. The zero-order valence-corrected chi connectivity index (χ0v) is 10.8. The fourth-order valence-corrected chi connectivity index (χ4v) is 2.03. The number of nitrogens with one attached hydrogen (secondary N) is 1. The van der Waals surface area contributed by atoms with E-state index in [2.05, 4.69) is 10.3 Å². The normalized spacial score (nSPS) is 12.6. The molecule has 0 saturated carbocycles. The first-order valence-electron chi connectivity index (χ1n) is 5.84. The summed E-state index contributed by atoms with van der Waals surface area (Å²) in [4.78, 5) is 16.1. The molecular formula is C13H17N3O2. The zero-order valence-electron chi connectivity index (χ0n) is 10.8. The average Bonchev–Trinajstić information content (AvgIpc) is 2.71. The van der Waals surface area contributed by atoms with Gasteiger partial charge in [-0.1, -0.05) is 12.1 Å². The van der Waals surface area contributed by atoms with Crippen molar-refractivity contribution < 1.29 is 9.53 Å². The molecule has 0 aliphatic rings. The van der Waals surface area contributed by atoms with Crippen molar-refractivity contribution in [1.82, 2.24) is 14.9 Å². The third-order valence-corrected chi connectivity index (χ3v) is 3.04. The predicted octanol–water partition coefficient (Wildman–Crippen LogP) is 1.11. The monoisotopic (exact) mass is 247 g/mol. The summed E-state index contributed by atoms with van der Waals surface area (Å²) in [5.41, 5.74) is 1.97. The van der Waals surface area contributed by atoms with Crippen LogP contribution < -0.4 is 5.32 Å². The van der Waals surface area contributed by atoms with Crippen LogP contribution in [0.2, 0.25) is 0 Å². The zero-order chi connectivity index (χ0) is 13.1. The van der Waals surface area contributed by atoms with Crippen LogP contribution in [0.1, 0.15) is 5.82 Å². The first-order valence-corrected chi connectivity index (χ1v) is 5.84. The summed E-state index contributed by atoms with van der Waals surface area (Å²) in [5.74, 6) is 0.620. The Balaban J connectivity index is 2.36. The summed E-state index contributed by atoms with van der Waals surface area (Å²) in [6.07, 6.45) is 0. The van der Waals surface area contributed by atoms with E-state index in [-0.39, 0.29) is 12.0 Å². The van der Waals surface area contributed by atoms with Gasteiger partial charge in [0.2, 0.25) is 0 Å². The van der Waals surface area contributed by atoms with Crippen molar-refractivity contribution in [3.05, 3.63) is 30.1 Å². The summed E-state index contributed by atoms with van der Waals surface area (Å²) in [5, 5.41) is 2.96. The number of aryl methyl sites for hydroxylation is 1. The number of rotatable bonds is 4. The maximum absolute atomic E-state index is 11.6. The number of imidazole rings is 1. The summed E-state index contributed by atoms with van der Waals surface area (Å²) in [7, 11) is 3.14. The molecule has 2 rings (SSSR count). The van der Waals surface area contributed by atoms with E-state index in [1.165, 1.54) is 7.11 Å². The van der Waals surface area contributed by atoms with E-state index < -0.39 is 0 Å². The van der Waals surface area contributed by atoms with Gasteiger partial charge in [-0.2, -0.15) is 0 Å². The quantitative estimate of drug-likeness (QED) is 0.822. The molecule has 0 bridgehead atoms. The number of methoxy groups -OCH3 is 1. The topological polar surface area (TPSA) is 56.2 Å². The van der Waals surface area contributed by atoms with Crippen LogP contribution in [0.5, 0.6) is 0 Å². The van der Waals surface area contributed by atoms with E-state index in [0.717, 1.165) is 16.9 Å². The van der Waals surface area contributed by atoms with Crippen molar-refractivity contribution in [2.24, 2.45) is 0 Å². The number of ether oxygens (including phenoxy) is 1. The van der Waals surface area contributed by atoms with E-state index in [9.17, 15) is 4.79 Å². The summed E-state index contributed by atoms with van der Waals surface area (Å²) < 4.78 is 6.79. The number of esters is 1. The number of carbonyl (C=O) groups excluding carboxylic acids is 1. The molecular weight excluding hydrogens is 230 g/mol. The molecule has 1 unspecified atom stereocenters. The highest BCUT2D eigenvalue weighted by Gasteiger charge is 2.19. The van der Waals surface area contributed by atoms with Crippen molar-refractivity contribution in [2.45, 2.75) is 19.5 Å². The molecule has 18 heavy (non-hydrogen) atoms. The molecule has 2 aromatic rings. The molecule has 0 radical (unpaired) electrons. The molecule has 5 heteroatoms. The molecule has 0 fully saturated rings. The summed E-state index contributed by atoms with van der Waals surface area (Å²) >= 11 is 0. The van der Waals surface area contributed by atoms with Gasteiger partial charge in [-0.3, -0.25) is 4.79 Å². The highest BCUT2D eigenvalue weighted by atomic mass is 16.5. The minimum atomic E-state index is -0.369. The summed E-state index contributed by atoms with van der Waals surface area (Å²) in [6.45, 7) is 2.44. The van der Waals surface area contributed by atoms with Gasteiger partial charge in [-0.15, -0.1) is 0 Å². The molecule has 0 aliphatic heterocycles. The fraction of sp³-hybridized carbons (Fsp3) is 0.385. The van der Waals surface area contributed by atoms with Crippen LogP contribution in [0.4, 0.5) is 0 Å². The number of fused-ring (bicyclic) bond motifs is 1. The van der Waals surface area contributed by atoms with Crippen LogP contribution in [0, 0.1) is 6.92 Å². The highest BCUT2D eigenvalue weighted by Crippen LogP contribution is 2.15. The molecule has 1 aromatic carbocycles. The van der Waals surface area contributed by atoms with E-state index in [4.69, 9.17) is 4.74 Å². The lowest BCUT2D eigenvalue weighted by atomic mass is 10.2. The Hall–Kier alpha value is -1.88. The molecule has 1 aromatic heterocycles. The van der Waals surface area contributed by atoms with Crippen molar-refractivity contribution in [2.75, 3.05) is 14.2 Å². The van der Waals surface area contributed by atoms with Gasteiger partial charge in [0.1, 0.15) is 11.9 Å². The Labute approximate surface area is 106 Å². The second-order valence-corrected chi connectivity index (χ2v) is 4.12. The maximum Gasteiger partial charge on any atom is 0.324 e.